The monoisotopic (exact) mass is 193 g/mol. The number of nitriles is 1. The fourth-order valence-corrected chi connectivity index (χ4v) is 1.54. The largest absolute Gasteiger partial charge is 0.380 e. The molecule has 0 aliphatic carbocycles. The Labute approximate surface area is 81.7 Å². The van der Waals surface area contributed by atoms with Crippen LogP contribution < -0.4 is 0 Å². The van der Waals surface area contributed by atoms with E-state index in [1.807, 2.05) is 18.2 Å². The van der Waals surface area contributed by atoms with Crippen molar-refractivity contribution in [3.63, 3.8) is 0 Å². The van der Waals surface area contributed by atoms with E-state index in [2.05, 4.69) is 0 Å². The van der Waals surface area contributed by atoms with Crippen molar-refractivity contribution in [1.29, 1.82) is 5.26 Å². The highest BCUT2D eigenvalue weighted by Crippen LogP contribution is 2.27. The quantitative estimate of drug-likeness (QED) is 0.686. The summed E-state index contributed by atoms with van der Waals surface area (Å²) in [6.45, 7) is 1.53. The average Bonchev–Trinajstić information content (AvgIpc) is 2.01. The van der Waals surface area contributed by atoms with Gasteiger partial charge in [0.05, 0.1) is 23.8 Å². The third-order valence-corrected chi connectivity index (χ3v) is 2.54. The van der Waals surface area contributed by atoms with E-state index in [1.54, 1.807) is 6.07 Å². The summed E-state index contributed by atoms with van der Waals surface area (Å²) < 4.78 is 5.08. The van der Waals surface area contributed by atoms with E-state index in [0.29, 0.717) is 16.5 Å². The predicted molar refractivity (Wildman–Crippen MR) is 49.7 cm³/mol. The van der Waals surface area contributed by atoms with Crippen LogP contribution in [0.2, 0.25) is 5.02 Å². The second-order valence-corrected chi connectivity index (χ2v) is 3.49. The lowest BCUT2D eigenvalue weighted by molar-refractivity contribution is 0.00842. The van der Waals surface area contributed by atoms with Crippen molar-refractivity contribution in [2.24, 2.45) is 0 Å². The van der Waals surface area contributed by atoms with Crippen LogP contribution in [0.1, 0.15) is 17.0 Å². The molecule has 1 aliphatic heterocycles. The van der Waals surface area contributed by atoms with Gasteiger partial charge in [0, 0.05) is 5.92 Å². The van der Waals surface area contributed by atoms with Crippen molar-refractivity contribution < 1.29 is 4.74 Å². The van der Waals surface area contributed by atoms with E-state index in [1.165, 1.54) is 0 Å². The van der Waals surface area contributed by atoms with E-state index in [9.17, 15) is 0 Å². The van der Waals surface area contributed by atoms with Gasteiger partial charge in [-0.1, -0.05) is 17.7 Å². The standard InChI is InChI=1S/C10H8ClNO/c11-10-3-7(9-5-13-6-9)1-2-8(10)4-12/h1-3,9H,5-6H2. The molecule has 2 nitrogen and oxygen atoms in total. The maximum atomic E-state index is 8.66. The molecule has 0 spiro atoms. The van der Waals surface area contributed by atoms with Gasteiger partial charge in [-0.3, -0.25) is 0 Å². The van der Waals surface area contributed by atoms with Crippen LogP contribution in [0.3, 0.4) is 0 Å². The molecule has 66 valence electrons. The Morgan fingerprint density at radius 1 is 1.46 bits per heavy atom. The highest BCUT2D eigenvalue weighted by molar-refractivity contribution is 6.31. The Bertz CT molecular complexity index is 366. The number of nitrogens with zero attached hydrogens (tertiary/aromatic N) is 1. The van der Waals surface area contributed by atoms with Crippen molar-refractivity contribution >= 4 is 11.6 Å². The van der Waals surface area contributed by atoms with Gasteiger partial charge < -0.3 is 4.74 Å². The Kier molecular flexibility index (Phi) is 2.22. The first-order valence-electron chi connectivity index (χ1n) is 4.08. The Morgan fingerprint density at radius 2 is 2.23 bits per heavy atom. The van der Waals surface area contributed by atoms with Gasteiger partial charge in [-0.05, 0) is 17.7 Å². The van der Waals surface area contributed by atoms with Crippen LogP contribution in [0, 0.1) is 11.3 Å². The van der Waals surface area contributed by atoms with E-state index in [-0.39, 0.29) is 0 Å². The zero-order chi connectivity index (χ0) is 9.26. The zero-order valence-electron chi connectivity index (χ0n) is 6.96. The molecule has 0 N–H and O–H groups in total. The molecule has 1 aromatic rings. The lowest BCUT2D eigenvalue weighted by Gasteiger charge is -2.26. The van der Waals surface area contributed by atoms with Gasteiger partial charge in [0.2, 0.25) is 0 Å². The zero-order valence-corrected chi connectivity index (χ0v) is 7.71. The van der Waals surface area contributed by atoms with Crippen LogP contribution in [-0.4, -0.2) is 13.2 Å². The lowest BCUT2D eigenvalue weighted by Crippen LogP contribution is -2.24. The Balaban J connectivity index is 2.30. The summed E-state index contributed by atoms with van der Waals surface area (Å²) in [5.74, 6) is 0.463. The highest BCUT2D eigenvalue weighted by atomic mass is 35.5. The van der Waals surface area contributed by atoms with E-state index >= 15 is 0 Å². The molecule has 1 heterocycles. The summed E-state index contributed by atoms with van der Waals surface area (Å²) in [6, 6.07) is 7.59. The van der Waals surface area contributed by atoms with Crippen LogP contribution in [0.15, 0.2) is 18.2 Å². The first-order chi connectivity index (χ1) is 6.31. The summed E-state index contributed by atoms with van der Waals surface area (Å²) in [6.07, 6.45) is 0. The van der Waals surface area contributed by atoms with Gasteiger partial charge in [0.15, 0.2) is 0 Å². The van der Waals surface area contributed by atoms with Gasteiger partial charge in [-0.25, -0.2) is 0 Å². The van der Waals surface area contributed by atoms with Crippen LogP contribution in [-0.2, 0) is 4.74 Å². The predicted octanol–water partition coefficient (Wildman–Crippen LogP) is 2.33. The smallest absolute Gasteiger partial charge is 0.101 e. The average molecular weight is 194 g/mol. The molecule has 0 unspecified atom stereocenters. The molecule has 1 aliphatic rings. The maximum Gasteiger partial charge on any atom is 0.101 e. The number of halogens is 1. The molecular formula is C10H8ClNO. The minimum atomic E-state index is 0.463. The molecule has 1 fully saturated rings. The molecule has 0 bridgehead atoms. The maximum absolute atomic E-state index is 8.66. The van der Waals surface area contributed by atoms with Gasteiger partial charge in [0.1, 0.15) is 6.07 Å². The number of hydrogen-bond acceptors (Lipinski definition) is 2. The molecule has 1 saturated heterocycles. The first kappa shape index (κ1) is 8.55. The molecule has 3 heteroatoms. The summed E-state index contributed by atoms with van der Waals surface area (Å²) in [7, 11) is 0. The van der Waals surface area contributed by atoms with Crippen molar-refractivity contribution in [3.8, 4) is 6.07 Å². The van der Waals surface area contributed by atoms with E-state index < -0.39 is 0 Å². The summed E-state index contributed by atoms with van der Waals surface area (Å²) in [5.41, 5.74) is 1.70. The SMILES string of the molecule is N#Cc1ccc(C2COC2)cc1Cl. The first-order valence-corrected chi connectivity index (χ1v) is 4.46. The fourth-order valence-electron chi connectivity index (χ4n) is 1.30. The van der Waals surface area contributed by atoms with Crippen LogP contribution in [0.25, 0.3) is 0 Å². The molecule has 0 saturated carbocycles. The van der Waals surface area contributed by atoms with E-state index in [0.717, 1.165) is 18.8 Å². The van der Waals surface area contributed by atoms with Crippen molar-refractivity contribution in [2.75, 3.05) is 13.2 Å². The Hall–Kier alpha value is -1.04. The third kappa shape index (κ3) is 1.53. The van der Waals surface area contributed by atoms with Gasteiger partial charge in [-0.15, -0.1) is 0 Å². The minimum Gasteiger partial charge on any atom is -0.380 e. The molecule has 0 aromatic heterocycles. The van der Waals surface area contributed by atoms with E-state index in [4.69, 9.17) is 21.6 Å². The number of rotatable bonds is 1. The van der Waals surface area contributed by atoms with Crippen molar-refractivity contribution in [1.82, 2.24) is 0 Å². The molecule has 13 heavy (non-hydrogen) atoms. The summed E-state index contributed by atoms with van der Waals surface area (Å²) in [4.78, 5) is 0. The van der Waals surface area contributed by atoms with Gasteiger partial charge in [0.25, 0.3) is 0 Å². The summed E-state index contributed by atoms with van der Waals surface area (Å²) >= 11 is 5.89. The molecular weight excluding hydrogens is 186 g/mol. The van der Waals surface area contributed by atoms with Gasteiger partial charge >= 0.3 is 0 Å². The molecule has 1 aromatic carbocycles. The molecule has 0 atom stereocenters. The highest BCUT2D eigenvalue weighted by Gasteiger charge is 2.20. The second-order valence-electron chi connectivity index (χ2n) is 3.09. The normalized spacial score (nSPS) is 16.3. The van der Waals surface area contributed by atoms with Crippen LogP contribution in [0.4, 0.5) is 0 Å². The Morgan fingerprint density at radius 3 is 2.69 bits per heavy atom. The van der Waals surface area contributed by atoms with Crippen molar-refractivity contribution in [3.05, 3.63) is 34.3 Å². The third-order valence-electron chi connectivity index (χ3n) is 2.22. The minimum absolute atomic E-state index is 0.463. The number of ether oxygens (including phenoxy) is 1. The van der Waals surface area contributed by atoms with Crippen molar-refractivity contribution in [2.45, 2.75) is 5.92 Å². The van der Waals surface area contributed by atoms with Crippen LogP contribution in [0.5, 0.6) is 0 Å². The fraction of sp³-hybridized carbons (Fsp3) is 0.300. The van der Waals surface area contributed by atoms with Crippen LogP contribution >= 0.6 is 11.6 Å². The topological polar surface area (TPSA) is 33.0 Å². The lowest BCUT2D eigenvalue weighted by atomic mass is 9.97. The number of hydrogen-bond donors (Lipinski definition) is 0. The second kappa shape index (κ2) is 3.37. The molecule has 0 radical (unpaired) electrons. The number of benzene rings is 1. The molecule has 2 rings (SSSR count). The van der Waals surface area contributed by atoms with Gasteiger partial charge in [-0.2, -0.15) is 5.26 Å². The molecule has 0 amide bonds. The summed E-state index contributed by atoms with van der Waals surface area (Å²) in [5, 5.41) is 9.19.